The van der Waals surface area contributed by atoms with E-state index in [9.17, 15) is 9.90 Å². The monoisotopic (exact) mass is 550 g/mol. The zero-order valence-corrected chi connectivity index (χ0v) is 22.1. The van der Waals surface area contributed by atoms with E-state index in [2.05, 4.69) is 30.9 Å². The van der Waals surface area contributed by atoms with Crippen LogP contribution in [0.2, 0.25) is 5.02 Å². The molecular weight excluding hydrogens is 523 g/mol. The fourth-order valence-corrected chi connectivity index (χ4v) is 5.41. The number of pyridine rings is 3. The Bertz CT molecular complexity index is 1260. The quantitative estimate of drug-likeness (QED) is 0.345. The third-order valence-electron chi connectivity index (χ3n) is 6.47. The molecule has 1 aliphatic carbocycles. The molecule has 9 nitrogen and oxygen atoms in total. The highest BCUT2D eigenvalue weighted by molar-refractivity contribution is 8.00. The second kappa shape index (κ2) is 11.4. The summed E-state index contributed by atoms with van der Waals surface area (Å²) in [4.78, 5) is 26.0. The summed E-state index contributed by atoms with van der Waals surface area (Å²) in [5, 5.41) is 21.4. The molecule has 192 valence electrons. The van der Waals surface area contributed by atoms with Gasteiger partial charge in [0.05, 0.1) is 45.3 Å². The summed E-state index contributed by atoms with van der Waals surface area (Å²) in [6.07, 6.45) is 4.57. The van der Waals surface area contributed by atoms with Crippen LogP contribution in [0.25, 0.3) is 11.0 Å². The number of nitrogens with zero attached hydrogens (tertiary/aromatic N) is 3. The van der Waals surface area contributed by atoms with Gasteiger partial charge >= 0.3 is 0 Å². The number of thioether (sulfide) groups is 1. The van der Waals surface area contributed by atoms with E-state index in [1.807, 2.05) is 18.2 Å². The first kappa shape index (κ1) is 26.7. The highest BCUT2D eigenvalue weighted by Gasteiger charge is 2.33. The summed E-state index contributed by atoms with van der Waals surface area (Å²) < 4.78 is 5.24. The molecule has 0 spiro atoms. The van der Waals surface area contributed by atoms with Crippen molar-refractivity contribution in [1.82, 2.24) is 20.3 Å². The number of nitrogens with one attached hydrogen (secondary N) is 3. The lowest BCUT2D eigenvalue weighted by molar-refractivity contribution is -0.113. The van der Waals surface area contributed by atoms with E-state index in [-0.39, 0.29) is 24.4 Å². The molecular formula is C24H28Cl2N6O3S. The third-order valence-corrected chi connectivity index (χ3v) is 7.80. The highest BCUT2D eigenvalue weighted by atomic mass is 35.5. The van der Waals surface area contributed by atoms with E-state index < -0.39 is 5.60 Å². The lowest BCUT2D eigenvalue weighted by Crippen LogP contribution is -2.45. The highest BCUT2D eigenvalue weighted by Crippen LogP contribution is 2.34. The number of hydrogen-bond donors (Lipinski definition) is 4. The third kappa shape index (κ3) is 5.95. The molecule has 0 aromatic carbocycles. The molecule has 3 aromatic heterocycles. The zero-order chi connectivity index (χ0) is 24.4. The summed E-state index contributed by atoms with van der Waals surface area (Å²) in [6, 6.07) is 7.87. The Hall–Kier alpha value is -2.37. The molecule has 3 aromatic rings. The van der Waals surface area contributed by atoms with Gasteiger partial charge in [-0.05, 0) is 43.9 Å². The van der Waals surface area contributed by atoms with Crippen molar-refractivity contribution in [3.8, 4) is 5.88 Å². The fraction of sp³-hybridized carbons (Fsp3) is 0.417. The number of halogens is 2. The van der Waals surface area contributed by atoms with Gasteiger partial charge in [0.15, 0.2) is 0 Å². The minimum absolute atomic E-state index is 0. The van der Waals surface area contributed by atoms with Gasteiger partial charge in [-0.3, -0.25) is 9.78 Å². The van der Waals surface area contributed by atoms with Crippen molar-refractivity contribution in [1.29, 1.82) is 0 Å². The van der Waals surface area contributed by atoms with Crippen molar-refractivity contribution in [2.45, 2.75) is 48.8 Å². The first-order valence-electron chi connectivity index (χ1n) is 11.5. The Morgan fingerprint density at radius 2 is 2.06 bits per heavy atom. The number of aliphatic hydroxyl groups is 1. The Balaban J connectivity index is 0.00000304. The predicted molar refractivity (Wildman–Crippen MR) is 144 cm³/mol. The number of amides is 1. The summed E-state index contributed by atoms with van der Waals surface area (Å²) >= 11 is 7.92. The van der Waals surface area contributed by atoms with Crippen LogP contribution in [-0.4, -0.2) is 57.0 Å². The van der Waals surface area contributed by atoms with Crippen molar-refractivity contribution in [3.63, 3.8) is 0 Å². The summed E-state index contributed by atoms with van der Waals surface area (Å²) in [7, 11) is 1.56. The van der Waals surface area contributed by atoms with Crippen molar-refractivity contribution in [2.24, 2.45) is 0 Å². The summed E-state index contributed by atoms with van der Waals surface area (Å²) in [5.74, 6) is 1.53. The topological polar surface area (TPSA) is 121 Å². The molecule has 2 aliphatic rings. The second-order valence-electron chi connectivity index (χ2n) is 8.92. The minimum Gasteiger partial charge on any atom is -0.481 e. The van der Waals surface area contributed by atoms with Crippen LogP contribution in [0.15, 0.2) is 35.4 Å². The van der Waals surface area contributed by atoms with Crippen LogP contribution in [0.1, 0.15) is 31.4 Å². The number of carbonyl (C=O) groups is 1. The summed E-state index contributed by atoms with van der Waals surface area (Å²) in [6.45, 7) is 0.975. The average molecular weight is 552 g/mol. The number of hydrogen-bond acceptors (Lipinski definition) is 9. The number of methoxy groups -OCH3 is 1. The summed E-state index contributed by atoms with van der Waals surface area (Å²) in [5.41, 5.74) is 2.00. The van der Waals surface area contributed by atoms with Gasteiger partial charge in [0.1, 0.15) is 11.3 Å². The van der Waals surface area contributed by atoms with Gasteiger partial charge in [-0.25, -0.2) is 9.97 Å². The second-order valence-corrected chi connectivity index (χ2v) is 10.3. The van der Waals surface area contributed by atoms with Crippen molar-refractivity contribution in [2.75, 3.05) is 30.0 Å². The first-order valence-corrected chi connectivity index (χ1v) is 12.9. The molecule has 12 heteroatoms. The number of fused-ring (bicyclic) bond motifs is 2. The van der Waals surface area contributed by atoms with Crippen LogP contribution in [0.4, 0.5) is 11.5 Å². The van der Waals surface area contributed by atoms with Crippen molar-refractivity contribution >= 4 is 64.2 Å². The van der Waals surface area contributed by atoms with Gasteiger partial charge in [-0.2, -0.15) is 0 Å². The largest absolute Gasteiger partial charge is 0.481 e. The van der Waals surface area contributed by atoms with Crippen LogP contribution < -0.4 is 20.7 Å². The zero-order valence-electron chi connectivity index (χ0n) is 19.7. The van der Waals surface area contributed by atoms with E-state index in [4.69, 9.17) is 16.3 Å². The maximum Gasteiger partial charge on any atom is 0.235 e. The van der Waals surface area contributed by atoms with E-state index in [0.717, 1.165) is 23.4 Å². The van der Waals surface area contributed by atoms with Gasteiger partial charge in [0.2, 0.25) is 11.8 Å². The standard InChI is InChI=1S/C24H27ClN6O3S.ClH/c1-34-20-5-3-17-22(31-20)21(16(25)11-27-17)28-13-24(33)8-6-14(7-9-24)26-10-15-2-4-18-23(29-15)30-19(32)12-35-18;/h2-5,11,14,26,33H,6-10,12-13H2,1H3,(H,27,28)(H,29,30,32);1H. The van der Waals surface area contributed by atoms with E-state index in [0.29, 0.717) is 65.1 Å². The molecule has 1 aliphatic heterocycles. The number of anilines is 2. The Kier molecular flexibility index (Phi) is 8.41. The molecule has 4 N–H and O–H groups in total. The maximum absolute atomic E-state index is 11.6. The molecule has 0 saturated heterocycles. The average Bonchev–Trinajstić information content (AvgIpc) is 2.87. The van der Waals surface area contributed by atoms with Gasteiger partial charge in [-0.15, -0.1) is 24.2 Å². The molecule has 0 atom stereocenters. The lowest BCUT2D eigenvalue weighted by atomic mass is 9.82. The molecule has 36 heavy (non-hydrogen) atoms. The molecule has 1 saturated carbocycles. The number of ether oxygens (including phenoxy) is 1. The first-order chi connectivity index (χ1) is 16.9. The predicted octanol–water partition coefficient (Wildman–Crippen LogP) is 4.03. The Morgan fingerprint density at radius 1 is 1.25 bits per heavy atom. The number of rotatable bonds is 7. The van der Waals surface area contributed by atoms with Crippen molar-refractivity contribution < 1.29 is 14.6 Å². The van der Waals surface area contributed by atoms with E-state index >= 15 is 0 Å². The Labute approximate surface area is 224 Å². The molecule has 0 bridgehead atoms. The smallest absolute Gasteiger partial charge is 0.235 e. The van der Waals surface area contributed by atoms with E-state index in [1.54, 1.807) is 19.4 Å². The van der Waals surface area contributed by atoms with Gasteiger partial charge in [0, 0.05) is 31.4 Å². The lowest BCUT2D eigenvalue weighted by Gasteiger charge is -2.36. The van der Waals surface area contributed by atoms with Gasteiger partial charge < -0.3 is 25.8 Å². The molecule has 0 unspecified atom stereocenters. The number of carbonyl (C=O) groups excluding carboxylic acids is 1. The van der Waals surface area contributed by atoms with Gasteiger partial charge in [-0.1, -0.05) is 11.6 Å². The molecule has 1 amide bonds. The Morgan fingerprint density at radius 3 is 2.83 bits per heavy atom. The van der Waals surface area contributed by atoms with Crippen LogP contribution in [0, 0.1) is 0 Å². The molecule has 4 heterocycles. The maximum atomic E-state index is 11.6. The van der Waals surface area contributed by atoms with Crippen LogP contribution >= 0.6 is 35.8 Å². The van der Waals surface area contributed by atoms with Crippen LogP contribution in [-0.2, 0) is 11.3 Å². The SMILES string of the molecule is COc1ccc2ncc(Cl)c(NCC3(O)CCC(NCc4ccc5c(n4)NC(=O)CS5)CC3)c2n1.Cl. The minimum atomic E-state index is -0.846. The fourth-order valence-electron chi connectivity index (χ4n) is 4.45. The molecule has 0 radical (unpaired) electrons. The van der Waals surface area contributed by atoms with Crippen LogP contribution in [0.5, 0.6) is 5.88 Å². The normalized spacial score (nSPS) is 21.3. The van der Waals surface area contributed by atoms with Gasteiger partial charge in [0.25, 0.3) is 0 Å². The van der Waals surface area contributed by atoms with Crippen LogP contribution in [0.3, 0.4) is 0 Å². The molecule has 1 fully saturated rings. The van der Waals surface area contributed by atoms with Crippen molar-refractivity contribution in [3.05, 3.63) is 41.2 Å². The van der Waals surface area contributed by atoms with E-state index in [1.165, 1.54) is 11.8 Å². The number of aromatic nitrogens is 3. The molecule has 5 rings (SSSR count).